The monoisotopic (exact) mass is 306 g/mol. The van der Waals surface area contributed by atoms with Crippen LogP contribution in [0.4, 0.5) is 4.39 Å². The second-order valence-corrected chi connectivity index (χ2v) is 5.04. The largest absolute Gasteiger partial charge is 0.294 e. The third-order valence-electron chi connectivity index (χ3n) is 2.74. The number of carbonyl (C=O) groups excluding carboxylic acids is 1. The quantitative estimate of drug-likeness (QED) is 0.772. The molecule has 2 aromatic rings. The van der Waals surface area contributed by atoms with Crippen molar-refractivity contribution >= 4 is 21.7 Å². The summed E-state index contributed by atoms with van der Waals surface area (Å²) in [5.41, 5.74) is 2.16. The molecule has 92 valence electrons. The lowest BCUT2D eigenvalue weighted by atomic mass is 10.0. The third kappa shape index (κ3) is 2.85. The maximum absolute atomic E-state index is 13.8. The van der Waals surface area contributed by atoms with Gasteiger partial charge in [0.1, 0.15) is 5.82 Å². The zero-order valence-electron chi connectivity index (χ0n) is 9.91. The predicted molar refractivity (Wildman–Crippen MR) is 73.3 cm³/mol. The highest BCUT2D eigenvalue weighted by atomic mass is 79.9. The fraction of sp³-hybridized carbons (Fsp3) is 0.133. The van der Waals surface area contributed by atoms with Crippen molar-refractivity contribution in [1.29, 1.82) is 0 Å². The Hall–Kier alpha value is -1.48. The lowest BCUT2D eigenvalue weighted by Gasteiger charge is -2.04. The van der Waals surface area contributed by atoms with Crippen LogP contribution in [0, 0.1) is 12.7 Å². The third-order valence-corrected chi connectivity index (χ3v) is 3.35. The summed E-state index contributed by atoms with van der Waals surface area (Å²) in [4.78, 5) is 12.0. The molecule has 18 heavy (non-hydrogen) atoms. The maximum atomic E-state index is 13.8. The van der Waals surface area contributed by atoms with Crippen LogP contribution in [0.25, 0.3) is 0 Å². The van der Waals surface area contributed by atoms with Crippen LogP contribution < -0.4 is 0 Å². The summed E-state index contributed by atoms with van der Waals surface area (Å²) >= 11 is 3.08. The first-order valence-electron chi connectivity index (χ1n) is 5.60. The minimum atomic E-state index is -0.491. The molecular formula is C15H12BrFO. The Morgan fingerprint density at radius 2 is 1.83 bits per heavy atom. The normalized spacial score (nSPS) is 10.4. The molecule has 0 aliphatic heterocycles. The standard InChI is InChI=1S/C15H12BrFO/c1-10-5-7-11(8-6-10)9-14(18)12-3-2-4-13(16)15(12)17/h2-8H,9H2,1H3. The van der Waals surface area contributed by atoms with Crippen LogP contribution in [0.2, 0.25) is 0 Å². The average molecular weight is 307 g/mol. The van der Waals surface area contributed by atoms with Crippen molar-refractivity contribution in [3.05, 3.63) is 69.4 Å². The maximum Gasteiger partial charge on any atom is 0.170 e. The van der Waals surface area contributed by atoms with Gasteiger partial charge in [-0.3, -0.25) is 4.79 Å². The van der Waals surface area contributed by atoms with Crippen LogP contribution in [-0.2, 0) is 6.42 Å². The Kier molecular flexibility index (Phi) is 3.92. The lowest BCUT2D eigenvalue weighted by molar-refractivity contribution is 0.0989. The van der Waals surface area contributed by atoms with Gasteiger partial charge >= 0.3 is 0 Å². The summed E-state index contributed by atoms with van der Waals surface area (Å²) in [6.07, 6.45) is 0.216. The number of aryl methyl sites for hydroxylation is 1. The van der Waals surface area contributed by atoms with Gasteiger partial charge in [-0.25, -0.2) is 4.39 Å². The average Bonchev–Trinajstić information content (AvgIpc) is 2.35. The van der Waals surface area contributed by atoms with E-state index in [-0.39, 0.29) is 17.8 Å². The van der Waals surface area contributed by atoms with Crippen molar-refractivity contribution in [2.45, 2.75) is 13.3 Å². The molecule has 0 saturated carbocycles. The van der Waals surface area contributed by atoms with Gasteiger partial charge in [-0.05, 0) is 40.5 Å². The van der Waals surface area contributed by atoms with Crippen LogP contribution in [-0.4, -0.2) is 5.78 Å². The van der Waals surface area contributed by atoms with Gasteiger partial charge in [-0.1, -0.05) is 35.9 Å². The van der Waals surface area contributed by atoms with Gasteiger partial charge in [0.05, 0.1) is 10.0 Å². The minimum Gasteiger partial charge on any atom is -0.294 e. The first kappa shape index (κ1) is 13.0. The molecule has 0 N–H and O–H groups in total. The topological polar surface area (TPSA) is 17.1 Å². The first-order chi connectivity index (χ1) is 8.58. The van der Waals surface area contributed by atoms with E-state index in [1.54, 1.807) is 12.1 Å². The van der Waals surface area contributed by atoms with Crippen molar-refractivity contribution in [2.24, 2.45) is 0 Å². The molecule has 0 aromatic heterocycles. The van der Waals surface area contributed by atoms with E-state index >= 15 is 0 Å². The summed E-state index contributed by atoms with van der Waals surface area (Å²) in [6.45, 7) is 1.99. The fourth-order valence-corrected chi connectivity index (χ4v) is 2.07. The molecule has 0 aliphatic carbocycles. The van der Waals surface area contributed by atoms with E-state index in [0.717, 1.165) is 11.1 Å². The van der Waals surface area contributed by atoms with Crippen LogP contribution >= 0.6 is 15.9 Å². The van der Waals surface area contributed by atoms with Crippen LogP contribution in [0.3, 0.4) is 0 Å². The smallest absolute Gasteiger partial charge is 0.170 e. The Morgan fingerprint density at radius 3 is 2.50 bits per heavy atom. The highest BCUT2D eigenvalue weighted by molar-refractivity contribution is 9.10. The molecule has 2 aromatic carbocycles. The zero-order chi connectivity index (χ0) is 13.1. The highest BCUT2D eigenvalue weighted by Gasteiger charge is 2.14. The van der Waals surface area contributed by atoms with Gasteiger partial charge in [-0.2, -0.15) is 0 Å². The molecule has 0 radical (unpaired) electrons. The molecule has 0 aliphatic rings. The fourth-order valence-electron chi connectivity index (χ4n) is 1.71. The van der Waals surface area contributed by atoms with E-state index in [9.17, 15) is 9.18 Å². The molecule has 1 nitrogen and oxygen atoms in total. The predicted octanol–water partition coefficient (Wildman–Crippen LogP) is 4.32. The number of rotatable bonds is 3. The summed E-state index contributed by atoms with van der Waals surface area (Å²) in [5.74, 6) is -0.702. The molecule has 0 fully saturated rings. The van der Waals surface area contributed by atoms with Gasteiger partial charge < -0.3 is 0 Å². The number of hydrogen-bond donors (Lipinski definition) is 0. The second-order valence-electron chi connectivity index (χ2n) is 4.19. The molecule has 0 amide bonds. The molecule has 0 atom stereocenters. The second kappa shape index (κ2) is 5.44. The van der Waals surface area contributed by atoms with E-state index < -0.39 is 5.82 Å². The molecule has 0 saturated heterocycles. The summed E-state index contributed by atoms with van der Waals surface area (Å²) < 4.78 is 14.1. The SMILES string of the molecule is Cc1ccc(CC(=O)c2cccc(Br)c2F)cc1. The number of hydrogen-bond acceptors (Lipinski definition) is 1. The van der Waals surface area contributed by atoms with Crippen LogP contribution in [0.1, 0.15) is 21.5 Å². The lowest BCUT2D eigenvalue weighted by Crippen LogP contribution is -2.06. The van der Waals surface area contributed by atoms with Gasteiger partial charge in [0.15, 0.2) is 5.78 Å². The number of halogens is 2. The Balaban J connectivity index is 2.22. The molecule has 2 rings (SSSR count). The molecule has 3 heteroatoms. The summed E-state index contributed by atoms with van der Waals surface area (Å²) in [7, 11) is 0. The van der Waals surface area contributed by atoms with Gasteiger partial charge in [-0.15, -0.1) is 0 Å². The van der Waals surface area contributed by atoms with E-state index in [0.29, 0.717) is 4.47 Å². The number of Topliss-reactive ketones (excluding diaryl/α,β-unsaturated/α-hetero) is 1. The number of benzene rings is 2. The van der Waals surface area contributed by atoms with E-state index in [1.165, 1.54) is 6.07 Å². The van der Waals surface area contributed by atoms with E-state index in [2.05, 4.69) is 15.9 Å². The molecular weight excluding hydrogens is 295 g/mol. The van der Waals surface area contributed by atoms with Crippen LogP contribution in [0.5, 0.6) is 0 Å². The van der Waals surface area contributed by atoms with Crippen LogP contribution in [0.15, 0.2) is 46.9 Å². The van der Waals surface area contributed by atoms with E-state index in [1.807, 2.05) is 31.2 Å². The highest BCUT2D eigenvalue weighted by Crippen LogP contribution is 2.20. The number of carbonyl (C=O) groups is 1. The van der Waals surface area contributed by atoms with Crippen molar-refractivity contribution in [1.82, 2.24) is 0 Å². The zero-order valence-corrected chi connectivity index (χ0v) is 11.5. The molecule has 0 unspecified atom stereocenters. The Bertz CT molecular complexity index is 576. The van der Waals surface area contributed by atoms with Crippen molar-refractivity contribution in [3.63, 3.8) is 0 Å². The van der Waals surface area contributed by atoms with Gasteiger partial charge in [0, 0.05) is 6.42 Å². The van der Waals surface area contributed by atoms with Crippen molar-refractivity contribution in [3.8, 4) is 0 Å². The number of ketones is 1. The first-order valence-corrected chi connectivity index (χ1v) is 6.40. The molecule has 0 heterocycles. The Morgan fingerprint density at radius 1 is 1.17 bits per heavy atom. The van der Waals surface area contributed by atoms with Crippen molar-refractivity contribution < 1.29 is 9.18 Å². The van der Waals surface area contributed by atoms with Gasteiger partial charge in [0.2, 0.25) is 0 Å². The minimum absolute atomic E-state index is 0.130. The molecule has 0 bridgehead atoms. The molecule has 0 spiro atoms. The Labute approximate surface area is 114 Å². The van der Waals surface area contributed by atoms with E-state index in [4.69, 9.17) is 0 Å². The summed E-state index contributed by atoms with van der Waals surface area (Å²) in [5, 5.41) is 0. The summed E-state index contributed by atoms with van der Waals surface area (Å²) in [6, 6.07) is 12.4. The van der Waals surface area contributed by atoms with Crippen molar-refractivity contribution in [2.75, 3.05) is 0 Å². The van der Waals surface area contributed by atoms with Gasteiger partial charge in [0.25, 0.3) is 0 Å².